The largest absolute Gasteiger partial charge is 0.444 e. The van der Waals surface area contributed by atoms with Gasteiger partial charge in [-0.25, -0.2) is 4.79 Å². The number of hydrogen-bond acceptors (Lipinski definition) is 4. The van der Waals surface area contributed by atoms with E-state index < -0.39 is 11.7 Å². The summed E-state index contributed by atoms with van der Waals surface area (Å²) in [5.74, 6) is 0.218. The van der Waals surface area contributed by atoms with Gasteiger partial charge in [-0.15, -0.1) is 0 Å². The Morgan fingerprint density at radius 1 is 1.19 bits per heavy atom. The van der Waals surface area contributed by atoms with Crippen LogP contribution >= 0.6 is 0 Å². The zero-order valence-corrected chi connectivity index (χ0v) is 13.4. The summed E-state index contributed by atoms with van der Waals surface area (Å²) in [6, 6.07) is 0. The first-order valence-corrected chi connectivity index (χ1v) is 7.50. The molecule has 1 aliphatic heterocycles. The van der Waals surface area contributed by atoms with Crippen LogP contribution in [0.25, 0.3) is 0 Å². The van der Waals surface area contributed by atoms with Gasteiger partial charge >= 0.3 is 6.09 Å². The Hall–Kier alpha value is -1.59. The zero-order chi connectivity index (χ0) is 16.0. The number of nitrogens with zero attached hydrogens (tertiary/aromatic N) is 1. The van der Waals surface area contributed by atoms with Crippen LogP contribution in [-0.4, -0.2) is 47.9 Å². The van der Waals surface area contributed by atoms with Crippen LogP contribution in [0.1, 0.15) is 47.0 Å². The first-order chi connectivity index (χ1) is 9.73. The minimum absolute atomic E-state index is 0.0682. The molecule has 0 radical (unpaired) electrons. The number of hydrogen-bond donors (Lipinski definition) is 1. The number of ether oxygens (including phenoxy) is 1. The van der Waals surface area contributed by atoms with Crippen molar-refractivity contribution in [2.75, 3.05) is 19.6 Å². The molecule has 6 nitrogen and oxygen atoms in total. The molecule has 0 atom stereocenters. The van der Waals surface area contributed by atoms with E-state index in [0.29, 0.717) is 32.4 Å². The summed E-state index contributed by atoms with van der Waals surface area (Å²) >= 11 is 0. The highest BCUT2D eigenvalue weighted by molar-refractivity contribution is 5.83. The molecule has 1 heterocycles. The number of ketones is 1. The van der Waals surface area contributed by atoms with Gasteiger partial charge in [0.05, 0.1) is 0 Å². The molecule has 1 saturated heterocycles. The third kappa shape index (κ3) is 6.14. The molecule has 0 aromatic carbocycles. The predicted molar refractivity (Wildman–Crippen MR) is 78.8 cm³/mol. The molecule has 6 heteroatoms. The van der Waals surface area contributed by atoms with Crippen LogP contribution in [0, 0.1) is 5.92 Å². The van der Waals surface area contributed by atoms with E-state index in [1.54, 1.807) is 25.7 Å². The molecule has 1 aliphatic rings. The summed E-state index contributed by atoms with van der Waals surface area (Å²) in [4.78, 5) is 36.8. The Kier molecular flexibility index (Phi) is 6.18. The minimum atomic E-state index is -0.591. The van der Waals surface area contributed by atoms with Gasteiger partial charge in [-0.05, 0) is 33.6 Å². The Labute approximate surface area is 126 Å². The first kappa shape index (κ1) is 17.5. The van der Waals surface area contributed by atoms with Crippen molar-refractivity contribution in [3.8, 4) is 0 Å². The fourth-order valence-corrected chi connectivity index (χ4v) is 2.31. The summed E-state index contributed by atoms with van der Waals surface area (Å²) in [7, 11) is 0. The van der Waals surface area contributed by atoms with Gasteiger partial charge in [0, 0.05) is 25.4 Å². The molecule has 0 unspecified atom stereocenters. The van der Waals surface area contributed by atoms with E-state index in [1.807, 2.05) is 6.92 Å². The average molecular weight is 298 g/mol. The van der Waals surface area contributed by atoms with E-state index in [9.17, 15) is 14.4 Å². The molecule has 0 saturated carbocycles. The van der Waals surface area contributed by atoms with Crippen molar-refractivity contribution in [3.63, 3.8) is 0 Å². The van der Waals surface area contributed by atoms with Crippen molar-refractivity contribution in [2.24, 2.45) is 5.92 Å². The molecule has 21 heavy (non-hydrogen) atoms. The lowest BCUT2D eigenvalue weighted by Gasteiger charge is -2.31. The zero-order valence-electron chi connectivity index (χ0n) is 13.4. The Bertz CT molecular complexity index is 393. The number of alkyl carbamates (subject to hydrolysis) is 1. The van der Waals surface area contributed by atoms with Gasteiger partial charge in [0.25, 0.3) is 0 Å². The minimum Gasteiger partial charge on any atom is -0.444 e. The van der Waals surface area contributed by atoms with E-state index in [0.717, 1.165) is 0 Å². The molecule has 0 aromatic rings. The summed E-state index contributed by atoms with van der Waals surface area (Å²) in [5, 5.41) is 2.46. The van der Waals surface area contributed by atoms with Crippen LogP contribution in [-0.2, 0) is 14.3 Å². The molecule has 1 rings (SSSR count). The van der Waals surface area contributed by atoms with Crippen LogP contribution in [0.2, 0.25) is 0 Å². The number of rotatable bonds is 4. The van der Waals surface area contributed by atoms with Gasteiger partial charge in [-0.1, -0.05) is 6.92 Å². The van der Waals surface area contributed by atoms with Crippen LogP contribution in [0.5, 0.6) is 0 Å². The second kappa shape index (κ2) is 7.43. The van der Waals surface area contributed by atoms with Gasteiger partial charge < -0.3 is 15.0 Å². The average Bonchev–Trinajstić information content (AvgIpc) is 2.42. The van der Waals surface area contributed by atoms with Gasteiger partial charge in [0.1, 0.15) is 17.9 Å². The SMILES string of the molecule is CCC(=O)C1CCN(C(=O)CNC(=O)OC(C)(C)C)CC1. The van der Waals surface area contributed by atoms with Crippen LogP contribution < -0.4 is 5.32 Å². The number of Topliss-reactive ketones (excluding diaryl/α,β-unsaturated/α-hetero) is 1. The van der Waals surface area contributed by atoms with E-state index in [1.165, 1.54) is 0 Å². The molecular weight excluding hydrogens is 272 g/mol. The van der Waals surface area contributed by atoms with Crippen LogP contribution in [0.4, 0.5) is 4.79 Å². The van der Waals surface area contributed by atoms with E-state index >= 15 is 0 Å². The van der Waals surface area contributed by atoms with E-state index in [2.05, 4.69) is 5.32 Å². The van der Waals surface area contributed by atoms with E-state index in [4.69, 9.17) is 4.74 Å². The molecule has 0 aromatic heterocycles. The lowest BCUT2D eigenvalue weighted by atomic mass is 9.91. The Morgan fingerprint density at radius 2 is 1.76 bits per heavy atom. The smallest absolute Gasteiger partial charge is 0.408 e. The van der Waals surface area contributed by atoms with Crippen molar-refractivity contribution in [3.05, 3.63) is 0 Å². The first-order valence-electron chi connectivity index (χ1n) is 7.50. The summed E-state index contributed by atoms with van der Waals surface area (Å²) in [6.45, 7) is 8.25. The van der Waals surface area contributed by atoms with Crippen LogP contribution in [0.15, 0.2) is 0 Å². The fourth-order valence-electron chi connectivity index (χ4n) is 2.31. The highest BCUT2D eigenvalue weighted by Crippen LogP contribution is 2.19. The number of carbonyl (C=O) groups is 3. The number of amides is 2. The fraction of sp³-hybridized carbons (Fsp3) is 0.800. The van der Waals surface area contributed by atoms with Crippen molar-refractivity contribution in [1.29, 1.82) is 0 Å². The van der Waals surface area contributed by atoms with Crippen molar-refractivity contribution in [1.82, 2.24) is 10.2 Å². The normalized spacial score (nSPS) is 16.5. The number of piperidine rings is 1. The van der Waals surface area contributed by atoms with Gasteiger partial charge in [-0.3, -0.25) is 9.59 Å². The molecule has 0 spiro atoms. The van der Waals surface area contributed by atoms with Crippen molar-refractivity contribution in [2.45, 2.75) is 52.6 Å². The maximum atomic E-state index is 12.0. The number of carbonyl (C=O) groups excluding carboxylic acids is 3. The number of likely N-dealkylation sites (tertiary alicyclic amines) is 1. The quantitative estimate of drug-likeness (QED) is 0.857. The molecule has 120 valence electrons. The lowest BCUT2D eigenvalue weighted by molar-refractivity contribution is -0.134. The Morgan fingerprint density at radius 3 is 2.24 bits per heavy atom. The molecule has 0 aliphatic carbocycles. The Balaban J connectivity index is 2.31. The van der Waals surface area contributed by atoms with Gasteiger partial charge in [-0.2, -0.15) is 0 Å². The van der Waals surface area contributed by atoms with Crippen molar-refractivity contribution >= 4 is 17.8 Å². The second-order valence-corrected chi connectivity index (χ2v) is 6.33. The van der Waals surface area contributed by atoms with Crippen LogP contribution in [0.3, 0.4) is 0 Å². The number of nitrogens with one attached hydrogen (secondary N) is 1. The molecule has 1 fully saturated rings. The monoisotopic (exact) mass is 298 g/mol. The summed E-state index contributed by atoms with van der Waals surface area (Å²) in [5.41, 5.74) is -0.577. The molecular formula is C15H26N2O4. The lowest BCUT2D eigenvalue weighted by Crippen LogP contribution is -2.45. The highest BCUT2D eigenvalue weighted by atomic mass is 16.6. The predicted octanol–water partition coefficient (Wildman–Crippen LogP) is 1.73. The van der Waals surface area contributed by atoms with Gasteiger partial charge in [0.15, 0.2) is 0 Å². The molecule has 1 N–H and O–H groups in total. The third-order valence-electron chi connectivity index (χ3n) is 3.43. The maximum absolute atomic E-state index is 12.0. The third-order valence-corrected chi connectivity index (χ3v) is 3.43. The van der Waals surface area contributed by atoms with Crippen molar-refractivity contribution < 1.29 is 19.1 Å². The van der Waals surface area contributed by atoms with E-state index in [-0.39, 0.29) is 24.2 Å². The highest BCUT2D eigenvalue weighted by Gasteiger charge is 2.26. The standard InChI is InChI=1S/C15H26N2O4/c1-5-12(18)11-6-8-17(9-7-11)13(19)10-16-14(20)21-15(2,3)4/h11H,5-10H2,1-4H3,(H,16,20). The summed E-state index contributed by atoms with van der Waals surface area (Å²) in [6.07, 6.45) is 1.39. The second-order valence-electron chi connectivity index (χ2n) is 6.33. The maximum Gasteiger partial charge on any atom is 0.408 e. The summed E-state index contributed by atoms with van der Waals surface area (Å²) < 4.78 is 5.07. The van der Waals surface area contributed by atoms with Gasteiger partial charge in [0.2, 0.25) is 5.91 Å². The topological polar surface area (TPSA) is 75.7 Å². The molecule has 2 amide bonds. The molecule has 0 bridgehead atoms.